The van der Waals surface area contributed by atoms with Crippen molar-refractivity contribution in [3.05, 3.63) is 88.0 Å². The average Bonchev–Trinajstić information content (AvgIpc) is 3.27. The zero-order valence-electron chi connectivity index (χ0n) is 19.0. The first-order valence-electron chi connectivity index (χ1n) is 11.7. The van der Waals surface area contributed by atoms with Gasteiger partial charge in [-0.3, -0.25) is 0 Å². The van der Waals surface area contributed by atoms with E-state index < -0.39 is 5.63 Å². The molecule has 1 N–H and O–H groups in total. The molecule has 3 aromatic rings. The Morgan fingerprint density at radius 2 is 1.72 bits per heavy atom. The summed E-state index contributed by atoms with van der Waals surface area (Å²) in [4.78, 5) is 14.3. The molecule has 0 bridgehead atoms. The van der Waals surface area contributed by atoms with Crippen molar-refractivity contribution in [2.45, 2.75) is 79.9 Å². The van der Waals surface area contributed by atoms with E-state index in [9.17, 15) is 9.90 Å². The Morgan fingerprint density at radius 3 is 2.41 bits per heavy atom. The Kier molecular flexibility index (Phi) is 7.10. The molecule has 1 heterocycles. The van der Waals surface area contributed by atoms with Crippen molar-refractivity contribution < 1.29 is 9.52 Å². The second-order valence-corrected chi connectivity index (χ2v) is 10.3. The lowest BCUT2D eigenvalue weighted by Crippen LogP contribution is -2.24. The van der Waals surface area contributed by atoms with E-state index in [1.807, 2.05) is 24.3 Å². The molecule has 0 unspecified atom stereocenters. The molecular formula is C28H32O3S. The first-order chi connectivity index (χ1) is 15.5. The number of hydrogen-bond acceptors (Lipinski definition) is 4. The number of aryl methyl sites for hydroxylation is 1. The standard InChI is InChI=1S/C28H32O3S/c1-20(2)22-14-6-7-15-24(22)32-26-23(29)19-25(31-27(26)30)28(16-8-9-17-28)18-10-13-21-11-4-3-5-12-21/h3-7,11-12,14-15,19-20,29H,8-10,13,16-18H2,1-2H3. The second kappa shape index (κ2) is 9.99. The molecule has 2 aromatic carbocycles. The van der Waals surface area contributed by atoms with Crippen LogP contribution < -0.4 is 5.63 Å². The SMILES string of the molecule is CC(C)c1ccccc1Sc1c(O)cc(C2(CCCc3ccccc3)CCCC2)oc1=O. The third-order valence-electron chi connectivity index (χ3n) is 6.69. The van der Waals surface area contributed by atoms with Gasteiger partial charge in [-0.25, -0.2) is 4.79 Å². The predicted molar refractivity (Wildman–Crippen MR) is 131 cm³/mol. The number of rotatable bonds is 8. The fourth-order valence-electron chi connectivity index (χ4n) is 4.93. The molecule has 168 valence electrons. The van der Waals surface area contributed by atoms with E-state index >= 15 is 0 Å². The van der Waals surface area contributed by atoms with Gasteiger partial charge in [0.2, 0.25) is 0 Å². The summed E-state index contributed by atoms with van der Waals surface area (Å²) in [6, 6.07) is 20.3. The number of aromatic hydroxyl groups is 1. The highest BCUT2D eigenvalue weighted by atomic mass is 32.2. The summed E-state index contributed by atoms with van der Waals surface area (Å²) >= 11 is 1.30. The van der Waals surface area contributed by atoms with Gasteiger partial charge >= 0.3 is 5.63 Å². The Labute approximate surface area is 194 Å². The maximum Gasteiger partial charge on any atom is 0.353 e. The molecule has 4 heteroatoms. The molecule has 1 aromatic heterocycles. The molecule has 4 rings (SSSR count). The summed E-state index contributed by atoms with van der Waals surface area (Å²) in [5.41, 5.74) is 1.91. The quantitative estimate of drug-likeness (QED) is 0.389. The third-order valence-corrected chi connectivity index (χ3v) is 7.86. The summed E-state index contributed by atoms with van der Waals surface area (Å²) in [7, 11) is 0. The van der Waals surface area contributed by atoms with Crippen LogP contribution in [0.5, 0.6) is 5.75 Å². The second-order valence-electron chi connectivity index (χ2n) is 9.23. The van der Waals surface area contributed by atoms with E-state index in [-0.39, 0.29) is 16.1 Å². The fraction of sp³-hybridized carbons (Fsp3) is 0.393. The summed E-state index contributed by atoms with van der Waals surface area (Å²) in [6.07, 6.45) is 7.29. The Morgan fingerprint density at radius 1 is 1.03 bits per heavy atom. The maximum absolute atomic E-state index is 13.0. The van der Waals surface area contributed by atoms with E-state index in [4.69, 9.17) is 4.42 Å². The summed E-state index contributed by atoms with van der Waals surface area (Å²) in [5, 5.41) is 10.9. The van der Waals surface area contributed by atoms with Gasteiger partial charge in [0.15, 0.2) is 0 Å². The van der Waals surface area contributed by atoms with Crippen LogP contribution >= 0.6 is 11.8 Å². The van der Waals surface area contributed by atoms with Crippen LogP contribution in [0.1, 0.15) is 75.2 Å². The lowest BCUT2D eigenvalue weighted by molar-refractivity contribution is 0.285. The van der Waals surface area contributed by atoms with E-state index in [0.717, 1.165) is 55.4 Å². The lowest BCUT2D eigenvalue weighted by Gasteiger charge is -2.28. The van der Waals surface area contributed by atoms with Crippen LogP contribution in [0.25, 0.3) is 0 Å². The smallest absolute Gasteiger partial charge is 0.353 e. The van der Waals surface area contributed by atoms with Crippen LogP contribution in [-0.4, -0.2) is 5.11 Å². The maximum atomic E-state index is 13.0. The van der Waals surface area contributed by atoms with Gasteiger partial charge in [-0.2, -0.15) is 0 Å². The molecule has 1 saturated carbocycles. The van der Waals surface area contributed by atoms with Crippen LogP contribution in [0.2, 0.25) is 0 Å². The fourth-order valence-corrected chi connectivity index (χ4v) is 6.01. The summed E-state index contributed by atoms with van der Waals surface area (Å²) < 4.78 is 5.92. The highest BCUT2D eigenvalue weighted by molar-refractivity contribution is 7.99. The number of benzene rings is 2. The number of hydrogen-bond donors (Lipinski definition) is 1. The minimum Gasteiger partial charge on any atom is -0.506 e. The largest absolute Gasteiger partial charge is 0.506 e. The van der Waals surface area contributed by atoms with Crippen molar-refractivity contribution in [1.82, 2.24) is 0 Å². The molecule has 1 fully saturated rings. The third kappa shape index (κ3) is 4.96. The normalized spacial score (nSPS) is 15.3. The Bertz CT molecular complexity index is 1100. The van der Waals surface area contributed by atoms with Crippen molar-refractivity contribution in [2.75, 3.05) is 0 Å². The minimum absolute atomic E-state index is 0.0362. The first kappa shape index (κ1) is 22.7. The lowest BCUT2D eigenvalue weighted by atomic mass is 9.78. The van der Waals surface area contributed by atoms with Gasteiger partial charge in [-0.05, 0) is 55.2 Å². The van der Waals surface area contributed by atoms with Gasteiger partial charge in [0.25, 0.3) is 0 Å². The van der Waals surface area contributed by atoms with Crippen LogP contribution in [0.3, 0.4) is 0 Å². The van der Waals surface area contributed by atoms with Crippen molar-refractivity contribution in [3.63, 3.8) is 0 Å². The molecule has 0 spiro atoms. The van der Waals surface area contributed by atoms with Crippen LogP contribution in [0, 0.1) is 0 Å². The van der Waals surface area contributed by atoms with Crippen LogP contribution in [-0.2, 0) is 11.8 Å². The molecular weight excluding hydrogens is 416 g/mol. The monoisotopic (exact) mass is 448 g/mol. The van der Waals surface area contributed by atoms with Gasteiger partial charge < -0.3 is 9.52 Å². The average molecular weight is 449 g/mol. The zero-order valence-corrected chi connectivity index (χ0v) is 19.8. The minimum atomic E-state index is -0.433. The molecule has 0 radical (unpaired) electrons. The predicted octanol–water partition coefficient (Wildman–Crippen LogP) is 7.45. The van der Waals surface area contributed by atoms with E-state index in [1.165, 1.54) is 17.3 Å². The van der Waals surface area contributed by atoms with E-state index in [0.29, 0.717) is 11.7 Å². The van der Waals surface area contributed by atoms with E-state index in [1.54, 1.807) is 6.07 Å². The van der Waals surface area contributed by atoms with Crippen molar-refractivity contribution >= 4 is 11.8 Å². The molecule has 1 aliphatic rings. The van der Waals surface area contributed by atoms with Gasteiger partial charge in [0.1, 0.15) is 16.4 Å². The molecule has 0 aliphatic heterocycles. The summed E-state index contributed by atoms with van der Waals surface area (Å²) in [5.74, 6) is 1.03. The van der Waals surface area contributed by atoms with Gasteiger partial charge in [-0.15, -0.1) is 0 Å². The van der Waals surface area contributed by atoms with Crippen molar-refractivity contribution in [3.8, 4) is 5.75 Å². The van der Waals surface area contributed by atoms with Crippen LogP contribution in [0.15, 0.2) is 79.7 Å². The van der Waals surface area contributed by atoms with Crippen molar-refractivity contribution in [2.24, 2.45) is 0 Å². The Balaban J connectivity index is 1.57. The first-order valence-corrected chi connectivity index (χ1v) is 12.5. The van der Waals surface area contributed by atoms with Crippen LogP contribution in [0.4, 0.5) is 0 Å². The topological polar surface area (TPSA) is 50.4 Å². The molecule has 0 atom stereocenters. The zero-order chi connectivity index (χ0) is 22.6. The van der Waals surface area contributed by atoms with Gasteiger partial charge in [0.05, 0.1) is 0 Å². The molecule has 3 nitrogen and oxygen atoms in total. The van der Waals surface area contributed by atoms with Gasteiger partial charge in [-0.1, -0.05) is 87.0 Å². The molecule has 0 saturated heterocycles. The van der Waals surface area contributed by atoms with Gasteiger partial charge in [0, 0.05) is 16.4 Å². The molecule has 1 aliphatic carbocycles. The summed E-state index contributed by atoms with van der Waals surface area (Å²) in [6.45, 7) is 4.26. The molecule has 0 amide bonds. The Hall–Kier alpha value is -2.46. The molecule has 32 heavy (non-hydrogen) atoms. The highest BCUT2D eigenvalue weighted by Crippen LogP contribution is 2.46. The van der Waals surface area contributed by atoms with Crippen molar-refractivity contribution in [1.29, 1.82) is 0 Å². The highest BCUT2D eigenvalue weighted by Gasteiger charge is 2.38. The van der Waals surface area contributed by atoms with E-state index in [2.05, 4.69) is 44.2 Å².